The Labute approximate surface area is 171 Å². The van der Waals surface area contributed by atoms with E-state index in [-0.39, 0.29) is 18.4 Å². The van der Waals surface area contributed by atoms with Crippen LogP contribution in [0.4, 0.5) is 11.4 Å². The van der Waals surface area contributed by atoms with Crippen LogP contribution in [-0.2, 0) is 4.79 Å². The van der Waals surface area contributed by atoms with Crippen LogP contribution in [0.15, 0.2) is 72.9 Å². The minimum atomic E-state index is -0.273. The van der Waals surface area contributed by atoms with Gasteiger partial charge in [-0.2, -0.15) is 0 Å². The van der Waals surface area contributed by atoms with Crippen LogP contribution in [0.3, 0.4) is 0 Å². The molecule has 0 atom stereocenters. The van der Waals surface area contributed by atoms with Crippen LogP contribution in [-0.4, -0.2) is 28.4 Å². The molecule has 2 aromatic heterocycles. The van der Waals surface area contributed by atoms with Gasteiger partial charge in [0.1, 0.15) is 5.75 Å². The van der Waals surface area contributed by atoms with Crippen LogP contribution in [0.25, 0.3) is 22.3 Å². The van der Waals surface area contributed by atoms with Gasteiger partial charge in [-0.05, 0) is 36.4 Å². The molecule has 30 heavy (non-hydrogen) atoms. The number of amides is 2. The number of benzene rings is 2. The lowest BCUT2D eigenvalue weighted by Crippen LogP contribution is -2.25. The molecule has 1 aliphatic rings. The molecule has 0 saturated heterocycles. The third kappa shape index (κ3) is 3.33. The molecule has 2 N–H and O–H groups in total. The second kappa shape index (κ2) is 7.29. The van der Waals surface area contributed by atoms with Gasteiger partial charge in [0.05, 0.1) is 28.2 Å². The van der Waals surface area contributed by atoms with E-state index in [2.05, 4.69) is 20.6 Å². The highest BCUT2D eigenvalue weighted by atomic mass is 16.5. The summed E-state index contributed by atoms with van der Waals surface area (Å²) in [5.41, 5.74) is 3.66. The normalized spacial score (nSPS) is 12.6. The Kier molecular flexibility index (Phi) is 4.33. The number of rotatable bonds is 3. The molecule has 7 heteroatoms. The Hall–Kier alpha value is -4.26. The Bertz CT molecular complexity index is 1290. The molecule has 0 radical (unpaired) electrons. The van der Waals surface area contributed by atoms with E-state index in [1.807, 2.05) is 42.5 Å². The molecule has 3 heterocycles. The zero-order valence-corrected chi connectivity index (χ0v) is 15.8. The lowest BCUT2D eigenvalue weighted by molar-refractivity contribution is -0.118. The van der Waals surface area contributed by atoms with Gasteiger partial charge in [-0.15, -0.1) is 0 Å². The lowest BCUT2D eigenvalue weighted by Gasteiger charge is -2.18. The van der Waals surface area contributed by atoms with Crippen LogP contribution in [0, 0.1) is 0 Å². The summed E-state index contributed by atoms with van der Waals surface area (Å²) in [6.45, 7) is -0.0488. The number of carbonyl (C=O) groups excluding carboxylic acids is 2. The largest absolute Gasteiger partial charge is 0.482 e. The molecular formula is C23H16N4O3. The van der Waals surface area contributed by atoms with Gasteiger partial charge < -0.3 is 15.4 Å². The monoisotopic (exact) mass is 396 g/mol. The van der Waals surface area contributed by atoms with E-state index in [1.54, 1.807) is 30.5 Å². The summed E-state index contributed by atoms with van der Waals surface area (Å²) in [5.74, 6) is 0.0383. The van der Waals surface area contributed by atoms with Crippen LogP contribution in [0.5, 0.6) is 5.75 Å². The number of carbonyl (C=O) groups is 2. The van der Waals surface area contributed by atoms with Crippen molar-refractivity contribution in [1.29, 1.82) is 0 Å². The van der Waals surface area contributed by atoms with E-state index < -0.39 is 0 Å². The minimum absolute atomic E-state index is 0.0488. The molecule has 0 fully saturated rings. The topological polar surface area (TPSA) is 93.2 Å². The molecule has 7 nitrogen and oxygen atoms in total. The number of anilines is 2. The third-order valence-electron chi connectivity index (χ3n) is 4.76. The molecular weight excluding hydrogens is 380 g/mol. The molecule has 4 aromatic rings. The SMILES string of the molecule is O=C1COc2cc(NC(=O)c3cc(-c4ccccn4)nc4ccccc34)ccc2N1. The highest BCUT2D eigenvalue weighted by Crippen LogP contribution is 2.31. The van der Waals surface area contributed by atoms with Gasteiger partial charge >= 0.3 is 0 Å². The number of para-hydroxylation sites is 1. The van der Waals surface area contributed by atoms with Crippen LogP contribution in [0.2, 0.25) is 0 Å². The van der Waals surface area contributed by atoms with Crippen molar-refractivity contribution in [3.8, 4) is 17.1 Å². The maximum Gasteiger partial charge on any atom is 0.262 e. The van der Waals surface area contributed by atoms with Crippen LogP contribution >= 0.6 is 0 Å². The van der Waals surface area contributed by atoms with E-state index >= 15 is 0 Å². The number of pyridine rings is 2. The van der Waals surface area contributed by atoms with E-state index in [0.29, 0.717) is 39.6 Å². The van der Waals surface area contributed by atoms with Crippen molar-refractivity contribution in [2.45, 2.75) is 0 Å². The van der Waals surface area contributed by atoms with Gasteiger partial charge in [0.15, 0.2) is 6.61 Å². The molecule has 1 aliphatic heterocycles. The van der Waals surface area contributed by atoms with Crippen molar-refractivity contribution in [2.24, 2.45) is 0 Å². The fourth-order valence-corrected chi connectivity index (χ4v) is 3.36. The maximum atomic E-state index is 13.2. The second-order valence-electron chi connectivity index (χ2n) is 6.79. The summed E-state index contributed by atoms with van der Waals surface area (Å²) in [5, 5.41) is 6.39. The zero-order valence-electron chi connectivity index (χ0n) is 15.8. The van der Waals surface area contributed by atoms with Gasteiger partial charge in [0.2, 0.25) is 0 Å². The maximum absolute atomic E-state index is 13.2. The predicted molar refractivity (Wildman–Crippen MR) is 113 cm³/mol. The van der Waals surface area contributed by atoms with Gasteiger partial charge in [-0.1, -0.05) is 24.3 Å². The average Bonchev–Trinajstić information content (AvgIpc) is 2.79. The van der Waals surface area contributed by atoms with Crippen molar-refractivity contribution < 1.29 is 14.3 Å². The number of hydrogen-bond acceptors (Lipinski definition) is 5. The summed E-state index contributed by atoms with van der Waals surface area (Å²) in [6, 6.07) is 19.9. The Morgan fingerprint density at radius 1 is 1.00 bits per heavy atom. The molecule has 0 spiro atoms. The lowest BCUT2D eigenvalue weighted by atomic mass is 10.1. The highest BCUT2D eigenvalue weighted by molar-refractivity contribution is 6.13. The molecule has 2 aromatic carbocycles. The molecule has 0 unspecified atom stereocenters. The molecule has 5 rings (SSSR count). The minimum Gasteiger partial charge on any atom is -0.482 e. The van der Waals surface area contributed by atoms with Crippen molar-refractivity contribution >= 4 is 34.1 Å². The summed E-state index contributed by atoms with van der Waals surface area (Å²) in [4.78, 5) is 33.6. The Morgan fingerprint density at radius 3 is 2.73 bits per heavy atom. The summed E-state index contributed by atoms with van der Waals surface area (Å²) in [7, 11) is 0. The fraction of sp³-hybridized carbons (Fsp3) is 0.0435. The first-order chi connectivity index (χ1) is 14.7. The highest BCUT2D eigenvalue weighted by Gasteiger charge is 2.18. The number of aromatic nitrogens is 2. The number of ether oxygens (including phenoxy) is 1. The first-order valence-corrected chi connectivity index (χ1v) is 9.37. The number of nitrogens with zero attached hydrogens (tertiary/aromatic N) is 2. The second-order valence-corrected chi connectivity index (χ2v) is 6.79. The van der Waals surface area contributed by atoms with Gasteiger partial charge in [-0.3, -0.25) is 14.6 Å². The zero-order chi connectivity index (χ0) is 20.5. The quantitative estimate of drug-likeness (QED) is 0.548. The Balaban J connectivity index is 1.52. The summed E-state index contributed by atoms with van der Waals surface area (Å²) in [6.07, 6.45) is 1.69. The van der Waals surface area contributed by atoms with Gasteiger partial charge in [-0.25, -0.2) is 4.98 Å². The molecule has 2 amide bonds. The smallest absolute Gasteiger partial charge is 0.262 e. The van der Waals surface area contributed by atoms with Crippen molar-refractivity contribution in [1.82, 2.24) is 9.97 Å². The predicted octanol–water partition coefficient (Wildman–Crippen LogP) is 3.88. The average molecular weight is 396 g/mol. The summed E-state index contributed by atoms with van der Waals surface area (Å²) >= 11 is 0. The van der Waals surface area contributed by atoms with Gasteiger partial charge in [0, 0.05) is 23.3 Å². The molecule has 146 valence electrons. The fourth-order valence-electron chi connectivity index (χ4n) is 3.36. The van der Waals surface area contributed by atoms with Crippen molar-refractivity contribution in [3.05, 3.63) is 78.5 Å². The van der Waals surface area contributed by atoms with Gasteiger partial charge in [0.25, 0.3) is 11.8 Å². The van der Waals surface area contributed by atoms with Crippen molar-refractivity contribution in [3.63, 3.8) is 0 Å². The van der Waals surface area contributed by atoms with E-state index in [0.717, 1.165) is 5.39 Å². The first-order valence-electron chi connectivity index (χ1n) is 9.37. The molecule has 0 bridgehead atoms. The third-order valence-corrected chi connectivity index (χ3v) is 4.76. The van der Waals surface area contributed by atoms with Crippen LogP contribution < -0.4 is 15.4 Å². The number of nitrogens with one attached hydrogen (secondary N) is 2. The summed E-state index contributed by atoms with van der Waals surface area (Å²) < 4.78 is 5.43. The molecule has 0 aliphatic carbocycles. The van der Waals surface area contributed by atoms with E-state index in [1.165, 1.54) is 0 Å². The molecule has 0 saturated carbocycles. The number of fused-ring (bicyclic) bond motifs is 2. The number of hydrogen-bond donors (Lipinski definition) is 2. The standard InChI is InChI=1S/C23H16N4O3/c28-22-13-30-21-11-14(8-9-19(21)27-22)25-23(29)16-12-20(18-7-3-4-10-24-18)26-17-6-2-1-5-15(16)17/h1-12H,13H2,(H,25,29)(H,27,28). The first kappa shape index (κ1) is 17.8. The Morgan fingerprint density at radius 2 is 1.87 bits per heavy atom. The van der Waals surface area contributed by atoms with E-state index in [9.17, 15) is 9.59 Å². The van der Waals surface area contributed by atoms with E-state index in [4.69, 9.17) is 4.74 Å². The van der Waals surface area contributed by atoms with Crippen molar-refractivity contribution in [2.75, 3.05) is 17.2 Å². The van der Waals surface area contributed by atoms with Crippen LogP contribution in [0.1, 0.15) is 10.4 Å².